The minimum Gasteiger partial charge on any atom is -0.357 e. The number of rotatable bonds is 6. The molecule has 2 rings (SSSR count). The van der Waals surface area contributed by atoms with Crippen LogP contribution in [0.2, 0.25) is 0 Å². The number of nitrogens with one attached hydrogen (secondary N) is 2. The van der Waals surface area contributed by atoms with E-state index in [4.69, 9.17) is 0 Å². The number of aryl methyl sites for hydroxylation is 1. The van der Waals surface area contributed by atoms with Crippen LogP contribution in [0.3, 0.4) is 0 Å². The normalized spacial score (nSPS) is 12.5. The summed E-state index contributed by atoms with van der Waals surface area (Å²) in [6.07, 6.45) is 0. The molecule has 2 amide bonds. The fraction of sp³-hybridized carbons (Fsp3) is 0.300. The van der Waals surface area contributed by atoms with Crippen molar-refractivity contribution >= 4 is 21.8 Å². The first kappa shape index (κ1) is 23.4. The van der Waals surface area contributed by atoms with Gasteiger partial charge in [-0.1, -0.05) is 6.07 Å². The number of carbonyl (C=O) groups is 2. The van der Waals surface area contributed by atoms with Crippen LogP contribution in [0, 0.1) is 25.5 Å². The molecule has 1 unspecified atom stereocenters. The maximum Gasteiger partial charge on any atom is 0.252 e. The first-order valence-corrected chi connectivity index (χ1v) is 10.3. The summed E-state index contributed by atoms with van der Waals surface area (Å²) in [7, 11) is 0.270. The topological polar surface area (TPSA) is 95.6 Å². The lowest BCUT2D eigenvalue weighted by atomic mass is 10.0. The summed E-state index contributed by atoms with van der Waals surface area (Å²) in [4.78, 5) is 25.1. The molecule has 1 atom stereocenters. The second kappa shape index (κ2) is 8.88. The highest BCUT2D eigenvalue weighted by Crippen LogP contribution is 2.24. The summed E-state index contributed by atoms with van der Waals surface area (Å²) in [6, 6.07) is 4.25. The molecule has 0 aliphatic carbocycles. The van der Waals surface area contributed by atoms with E-state index >= 15 is 0 Å². The second-order valence-corrected chi connectivity index (χ2v) is 9.02. The highest BCUT2D eigenvalue weighted by Gasteiger charge is 2.26. The first-order chi connectivity index (χ1) is 13.9. The van der Waals surface area contributed by atoms with Crippen molar-refractivity contribution in [1.29, 1.82) is 0 Å². The molecule has 0 bridgehead atoms. The fourth-order valence-corrected chi connectivity index (χ4v) is 3.99. The lowest BCUT2D eigenvalue weighted by Crippen LogP contribution is -2.39. The van der Waals surface area contributed by atoms with Crippen LogP contribution in [0.15, 0.2) is 35.2 Å². The summed E-state index contributed by atoms with van der Waals surface area (Å²) in [5.41, 5.74) is 1.10. The third-order valence-corrected chi connectivity index (χ3v) is 6.64. The number of carbonyl (C=O) groups excluding carboxylic acids is 2. The summed E-state index contributed by atoms with van der Waals surface area (Å²) in [5, 5.41) is 4.81. The molecule has 2 N–H and O–H groups in total. The third kappa shape index (κ3) is 4.65. The molecular formula is C20H23F2N3O4S. The van der Waals surface area contributed by atoms with Gasteiger partial charge in [-0.15, -0.1) is 0 Å². The SMILES string of the molecule is CNC(=O)C(NC(=O)c1cc(C)c(C)c(S(=O)(=O)N(C)C)c1)c1ccc(F)c(F)c1. The molecule has 0 radical (unpaired) electrons. The quantitative estimate of drug-likeness (QED) is 0.720. The van der Waals surface area contributed by atoms with Crippen molar-refractivity contribution in [2.24, 2.45) is 0 Å². The van der Waals surface area contributed by atoms with Crippen molar-refractivity contribution in [1.82, 2.24) is 14.9 Å². The summed E-state index contributed by atoms with van der Waals surface area (Å²) in [6.45, 7) is 3.29. The molecular weight excluding hydrogens is 416 g/mol. The number of likely N-dealkylation sites (N-methyl/N-ethyl adjacent to an activating group) is 1. The zero-order valence-corrected chi connectivity index (χ0v) is 18.0. The zero-order chi connectivity index (χ0) is 22.8. The van der Waals surface area contributed by atoms with E-state index in [0.29, 0.717) is 11.1 Å². The third-order valence-electron chi connectivity index (χ3n) is 4.70. The van der Waals surface area contributed by atoms with Crippen LogP contribution < -0.4 is 10.6 Å². The van der Waals surface area contributed by atoms with Gasteiger partial charge in [0.25, 0.3) is 5.91 Å². The number of nitrogens with zero attached hydrogens (tertiary/aromatic N) is 1. The number of hydrogen-bond donors (Lipinski definition) is 2. The first-order valence-electron chi connectivity index (χ1n) is 8.91. The Hall–Kier alpha value is -2.85. The monoisotopic (exact) mass is 439 g/mol. The molecule has 162 valence electrons. The molecule has 0 aliphatic heterocycles. The molecule has 0 saturated heterocycles. The van der Waals surface area contributed by atoms with Gasteiger partial charge in [-0.3, -0.25) is 9.59 Å². The molecule has 0 fully saturated rings. The average Bonchev–Trinajstić information content (AvgIpc) is 2.69. The fourth-order valence-electron chi connectivity index (χ4n) is 2.77. The van der Waals surface area contributed by atoms with Crippen molar-refractivity contribution in [3.63, 3.8) is 0 Å². The van der Waals surface area contributed by atoms with Crippen LogP contribution in [0.25, 0.3) is 0 Å². The molecule has 2 aromatic carbocycles. The van der Waals surface area contributed by atoms with Gasteiger partial charge in [-0.05, 0) is 54.8 Å². The van der Waals surface area contributed by atoms with Crippen molar-refractivity contribution in [2.75, 3.05) is 21.1 Å². The Morgan fingerprint density at radius 1 is 1.03 bits per heavy atom. The molecule has 2 aromatic rings. The predicted molar refractivity (Wildman–Crippen MR) is 107 cm³/mol. The Balaban J connectivity index is 2.49. The van der Waals surface area contributed by atoms with Gasteiger partial charge in [-0.2, -0.15) is 0 Å². The lowest BCUT2D eigenvalue weighted by Gasteiger charge is -2.20. The van der Waals surface area contributed by atoms with E-state index in [2.05, 4.69) is 10.6 Å². The van der Waals surface area contributed by atoms with E-state index in [0.717, 1.165) is 16.4 Å². The van der Waals surface area contributed by atoms with Crippen molar-refractivity contribution in [2.45, 2.75) is 24.8 Å². The Kier molecular flexibility index (Phi) is 6.94. The second-order valence-electron chi connectivity index (χ2n) is 6.90. The van der Waals surface area contributed by atoms with Crippen LogP contribution in [-0.2, 0) is 14.8 Å². The van der Waals surface area contributed by atoms with Gasteiger partial charge >= 0.3 is 0 Å². The summed E-state index contributed by atoms with van der Waals surface area (Å²) >= 11 is 0. The maximum atomic E-state index is 13.6. The number of sulfonamides is 1. The molecule has 0 saturated carbocycles. The van der Waals surface area contributed by atoms with Gasteiger partial charge in [0.05, 0.1) is 4.90 Å². The van der Waals surface area contributed by atoms with Crippen LogP contribution in [0.5, 0.6) is 0 Å². The molecule has 0 aromatic heterocycles. The Labute approximate surface area is 174 Å². The summed E-state index contributed by atoms with van der Waals surface area (Å²) in [5.74, 6) is -3.65. The average molecular weight is 439 g/mol. The molecule has 0 aliphatic rings. The standard InChI is InChI=1S/C20H23F2N3O4S/c1-11-8-14(10-17(12(11)2)30(28,29)25(4)5)19(26)24-18(20(27)23-3)13-6-7-15(21)16(22)9-13/h6-10,18H,1-5H3,(H,23,27)(H,24,26). The van der Waals surface area contributed by atoms with E-state index in [1.807, 2.05) is 0 Å². The van der Waals surface area contributed by atoms with Crippen molar-refractivity contribution in [3.05, 3.63) is 64.2 Å². The number of hydrogen-bond acceptors (Lipinski definition) is 4. The van der Waals surface area contributed by atoms with E-state index in [1.54, 1.807) is 13.8 Å². The smallest absolute Gasteiger partial charge is 0.252 e. The van der Waals surface area contributed by atoms with Crippen LogP contribution in [0.4, 0.5) is 8.78 Å². The maximum absolute atomic E-state index is 13.6. The van der Waals surface area contributed by atoms with Gasteiger partial charge in [0.1, 0.15) is 6.04 Å². The van der Waals surface area contributed by atoms with E-state index in [-0.39, 0.29) is 16.0 Å². The molecule has 0 spiro atoms. The van der Waals surface area contributed by atoms with Gasteiger partial charge in [-0.25, -0.2) is 21.5 Å². The Morgan fingerprint density at radius 2 is 1.67 bits per heavy atom. The minimum atomic E-state index is -3.82. The predicted octanol–water partition coefficient (Wildman–Crippen LogP) is 2.05. The van der Waals surface area contributed by atoms with Crippen molar-refractivity contribution < 1.29 is 26.8 Å². The van der Waals surface area contributed by atoms with Crippen LogP contribution >= 0.6 is 0 Å². The summed E-state index contributed by atoms with van der Waals surface area (Å²) < 4.78 is 53.1. The molecule has 10 heteroatoms. The van der Waals surface area contributed by atoms with Crippen LogP contribution in [0.1, 0.15) is 33.1 Å². The molecule has 30 heavy (non-hydrogen) atoms. The lowest BCUT2D eigenvalue weighted by molar-refractivity contribution is -0.122. The zero-order valence-electron chi connectivity index (χ0n) is 17.2. The van der Waals surface area contributed by atoms with E-state index in [9.17, 15) is 26.8 Å². The van der Waals surface area contributed by atoms with E-state index in [1.165, 1.54) is 39.3 Å². The van der Waals surface area contributed by atoms with Crippen molar-refractivity contribution in [3.8, 4) is 0 Å². The van der Waals surface area contributed by atoms with Gasteiger partial charge in [0.2, 0.25) is 15.9 Å². The van der Waals surface area contributed by atoms with Gasteiger partial charge in [0, 0.05) is 26.7 Å². The number of amides is 2. The highest BCUT2D eigenvalue weighted by molar-refractivity contribution is 7.89. The van der Waals surface area contributed by atoms with E-state index < -0.39 is 39.5 Å². The van der Waals surface area contributed by atoms with Crippen LogP contribution in [-0.4, -0.2) is 45.7 Å². The number of halogens is 2. The minimum absolute atomic E-state index is 0.00927. The Morgan fingerprint density at radius 3 is 2.20 bits per heavy atom. The Bertz CT molecular complexity index is 1100. The largest absolute Gasteiger partial charge is 0.357 e. The van der Waals surface area contributed by atoms with Gasteiger partial charge < -0.3 is 10.6 Å². The molecule has 0 heterocycles. The van der Waals surface area contributed by atoms with Gasteiger partial charge in [0.15, 0.2) is 11.6 Å². The molecule has 7 nitrogen and oxygen atoms in total. The number of benzene rings is 2. The highest BCUT2D eigenvalue weighted by atomic mass is 32.2.